The maximum Gasteiger partial charge on any atom is 0.175 e. The van der Waals surface area contributed by atoms with Crippen LogP contribution in [0.3, 0.4) is 0 Å². The summed E-state index contributed by atoms with van der Waals surface area (Å²) in [4.78, 5) is 4.81. The Hall–Kier alpha value is -4.01. The van der Waals surface area contributed by atoms with E-state index < -0.39 is 0 Å². The van der Waals surface area contributed by atoms with E-state index in [9.17, 15) is 0 Å². The lowest BCUT2D eigenvalue weighted by Gasteiger charge is -2.23. The van der Waals surface area contributed by atoms with Crippen molar-refractivity contribution in [1.82, 2.24) is 0 Å². The molecule has 0 aromatic heterocycles. The lowest BCUT2D eigenvalue weighted by Crippen LogP contribution is -2.15. The van der Waals surface area contributed by atoms with Gasteiger partial charge in [-0.2, -0.15) is 0 Å². The fourth-order valence-electron chi connectivity index (χ4n) is 5.97. The summed E-state index contributed by atoms with van der Waals surface area (Å²) in [6, 6.07) is 33.1. The first kappa shape index (κ1) is 21.3. The lowest BCUT2D eigenvalue weighted by molar-refractivity contribution is 0.0734. The summed E-state index contributed by atoms with van der Waals surface area (Å²) in [5.41, 5.74) is 12.5. The Morgan fingerprint density at radius 3 is 2.25 bits per heavy atom. The topological polar surface area (TPSA) is 21.6 Å². The molecule has 4 aromatic rings. The summed E-state index contributed by atoms with van der Waals surface area (Å²) in [5, 5.41) is 0. The Labute approximate surface area is 212 Å². The van der Waals surface area contributed by atoms with Gasteiger partial charge in [-0.15, -0.1) is 0 Å². The Morgan fingerprint density at radius 1 is 0.667 bits per heavy atom. The van der Waals surface area contributed by atoms with Crippen LogP contribution in [0, 0.1) is 0 Å². The van der Waals surface area contributed by atoms with Gasteiger partial charge in [-0.3, -0.25) is 4.99 Å². The van der Waals surface area contributed by atoms with Crippen LogP contribution < -0.4 is 0 Å². The van der Waals surface area contributed by atoms with Crippen LogP contribution >= 0.6 is 0 Å². The zero-order chi connectivity index (χ0) is 24.3. The number of hydrogen-bond donors (Lipinski definition) is 0. The minimum absolute atomic E-state index is 0.0407. The molecule has 2 heteroatoms. The van der Waals surface area contributed by atoms with Crippen LogP contribution in [0.5, 0.6) is 0 Å². The van der Waals surface area contributed by atoms with Crippen molar-refractivity contribution >= 4 is 5.71 Å². The molecule has 3 aliphatic rings. The van der Waals surface area contributed by atoms with Gasteiger partial charge in [-0.1, -0.05) is 117 Å². The van der Waals surface area contributed by atoms with Crippen LogP contribution in [0.25, 0.3) is 33.4 Å². The van der Waals surface area contributed by atoms with Gasteiger partial charge in [0.1, 0.15) is 6.10 Å². The average Bonchev–Trinajstić information content (AvgIpc) is 3.46. The molecule has 0 radical (unpaired) electrons. The molecule has 4 aromatic carbocycles. The molecule has 174 valence electrons. The number of fused-ring (bicyclic) bond motifs is 4. The monoisotopic (exact) mass is 465 g/mol. The van der Waals surface area contributed by atoms with Crippen molar-refractivity contribution in [2.24, 2.45) is 4.99 Å². The van der Waals surface area contributed by atoms with E-state index in [1.165, 1.54) is 44.5 Å². The molecule has 0 bridgehead atoms. The standard InChI is InChI=1S/C34H27NO/c1-34(2)27-13-7-6-12-26(27)32-28(34)21-20-25(22-10-4-3-5-11-22)31(32)23-16-18-24(19-17-23)33-35-29-14-8-9-15-30(29)36-33/h3-21,30,33H,1-2H3. The second kappa shape index (κ2) is 8.01. The fraction of sp³-hybridized carbons (Fsp3) is 0.147. The number of nitrogens with zero attached hydrogens (tertiary/aromatic N) is 1. The normalized spacial score (nSPS) is 20.6. The molecule has 0 saturated heterocycles. The Morgan fingerprint density at radius 2 is 1.44 bits per heavy atom. The third-order valence-corrected chi connectivity index (χ3v) is 7.82. The van der Waals surface area contributed by atoms with Gasteiger partial charge in [-0.25, -0.2) is 0 Å². The third kappa shape index (κ3) is 3.18. The maximum absolute atomic E-state index is 6.20. The van der Waals surface area contributed by atoms with Crippen molar-refractivity contribution in [3.63, 3.8) is 0 Å². The van der Waals surface area contributed by atoms with E-state index in [0.717, 1.165) is 11.3 Å². The molecule has 2 nitrogen and oxygen atoms in total. The Balaban J connectivity index is 1.40. The van der Waals surface area contributed by atoms with E-state index >= 15 is 0 Å². The summed E-state index contributed by atoms with van der Waals surface area (Å²) in [7, 11) is 0. The largest absolute Gasteiger partial charge is 0.339 e. The van der Waals surface area contributed by atoms with Gasteiger partial charge >= 0.3 is 0 Å². The van der Waals surface area contributed by atoms with E-state index in [1.807, 2.05) is 18.2 Å². The van der Waals surface area contributed by atoms with Crippen LogP contribution in [0.4, 0.5) is 0 Å². The predicted octanol–water partition coefficient (Wildman–Crippen LogP) is 8.29. The fourth-order valence-corrected chi connectivity index (χ4v) is 5.97. The highest BCUT2D eigenvalue weighted by Crippen LogP contribution is 2.54. The van der Waals surface area contributed by atoms with Crippen molar-refractivity contribution in [1.29, 1.82) is 0 Å². The summed E-state index contributed by atoms with van der Waals surface area (Å²) >= 11 is 0. The molecule has 0 fully saturated rings. The molecular formula is C34H27NO. The minimum Gasteiger partial charge on any atom is -0.339 e. The van der Waals surface area contributed by atoms with E-state index in [1.54, 1.807) is 0 Å². The van der Waals surface area contributed by atoms with Crippen molar-refractivity contribution < 1.29 is 4.74 Å². The molecule has 1 aliphatic heterocycles. The Bertz CT molecular complexity index is 1570. The molecule has 0 saturated carbocycles. The molecular weight excluding hydrogens is 438 g/mol. The first-order valence-electron chi connectivity index (χ1n) is 12.6. The first-order valence-corrected chi connectivity index (χ1v) is 12.6. The summed E-state index contributed by atoms with van der Waals surface area (Å²) in [6.07, 6.45) is 7.84. The SMILES string of the molecule is CC1(C)c2ccccc2-c2c1ccc(-c1ccccc1)c2-c1ccc(C2N=C3C=CC=CC3O2)cc1. The molecule has 0 N–H and O–H groups in total. The number of allylic oxidation sites excluding steroid dienone is 2. The van der Waals surface area contributed by atoms with Gasteiger partial charge < -0.3 is 4.74 Å². The minimum atomic E-state index is -0.263. The molecule has 2 unspecified atom stereocenters. The average molecular weight is 466 g/mol. The van der Waals surface area contributed by atoms with Gasteiger partial charge in [0.2, 0.25) is 0 Å². The second-order valence-electron chi connectivity index (χ2n) is 10.3. The number of aliphatic imine (C=N–C) groups is 1. The van der Waals surface area contributed by atoms with E-state index in [0.29, 0.717) is 0 Å². The smallest absolute Gasteiger partial charge is 0.175 e. The van der Waals surface area contributed by atoms with Crippen LogP contribution in [-0.2, 0) is 10.2 Å². The maximum atomic E-state index is 6.20. The molecule has 1 heterocycles. The molecule has 36 heavy (non-hydrogen) atoms. The van der Waals surface area contributed by atoms with E-state index in [-0.39, 0.29) is 17.7 Å². The highest BCUT2D eigenvalue weighted by molar-refractivity contribution is 6.02. The second-order valence-corrected chi connectivity index (χ2v) is 10.3. The molecule has 2 aliphatic carbocycles. The highest BCUT2D eigenvalue weighted by Gasteiger charge is 2.37. The summed E-state index contributed by atoms with van der Waals surface area (Å²) in [5.74, 6) is 0. The molecule has 0 amide bonds. The molecule has 7 rings (SSSR count). The van der Waals surface area contributed by atoms with E-state index in [4.69, 9.17) is 9.73 Å². The quantitative estimate of drug-likeness (QED) is 0.298. The zero-order valence-electron chi connectivity index (χ0n) is 20.5. The van der Waals surface area contributed by atoms with Gasteiger partial charge in [0.15, 0.2) is 6.23 Å². The van der Waals surface area contributed by atoms with Gasteiger partial charge in [0.25, 0.3) is 0 Å². The number of rotatable bonds is 3. The Kier molecular flexibility index (Phi) is 4.74. The van der Waals surface area contributed by atoms with E-state index in [2.05, 4.69) is 111 Å². The van der Waals surface area contributed by atoms with Crippen molar-refractivity contribution in [3.05, 3.63) is 132 Å². The van der Waals surface area contributed by atoms with Gasteiger partial charge in [-0.05, 0) is 56.7 Å². The van der Waals surface area contributed by atoms with Crippen molar-refractivity contribution in [3.8, 4) is 33.4 Å². The van der Waals surface area contributed by atoms with Crippen molar-refractivity contribution in [2.75, 3.05) is 0 Å². The molecule has 2 atom stereocenters. The highest BCUT2D eigenvalue weighted by atomic mass is 16.5. The summed E-state index contributed by atoms with van der Waals surface area (Å²) < 4.78 is 6.20. The van der Waals surface area contributed by atoms with Gasteiger partial charge in [0, 0.05) is 11.0 Å². The predicted molar refractivity (Wildman–Crippen MR) is 148 cm³/mol. The van der Waals surface area contributed by atoms with Crippen LogP contribution in [-0.4, -0.2) is 11.8 Å². The zero-order valence-corrected chi connectivity index (χ0v) is 20.5. The van der Waals surface area contributed by atoms with Crippen LogP contribution in [0.2, 0.25) is 0 Å². The third-order valence-electron chi connectivity index (χ3n) is 7.82. The first-order chi connectivity index (χ1) is 17.6. The van der Waals surface area contributed by atoms with Crippen LogP contribution in [0.1, 0.15) is 36.8 Å². The van der Waals surface area contributed by atoms with Crippen LogP contribution in [0.15, 0.2) is 120 Å². The summed E-state index contributed by atoms with van der Waals surface area (Å²) in [6.45, 7) is 4.68. The number of benzene rings is 4. The number of hydrogen-bond acceptors (Lipinski definition) is 2. The number of ether oxygens (including phenoxy) is 1. The lowest BCUT2D eigenvalue weighted by atomic mass is 9.80. The van der Waals surface area contributed by atoms with Gasteiger partial charge in [0.05, 0.1) is 5.71 Å². The van der Waals surface area contributed by atoms with Crippen molar-refractivity contribution in [2.45, 2.75) is 31.6 Å². The molecule has 0 spiro atoms.